The van der Waals surface area contributed by atoms with Crippen LogP contribution in [0.3, 0.4) is 0 Å². The normalized spacial score (nSPS) is 18.7. The molecular formula is C15H12F3NOS2. The van der Waals surface area contributed by atoms with E-state index in [2.05, 4.69) is 0 Å². The highest BCUT2D eigenvalue weighted by atomic mass is 32.2. The predicted octanol–water partition coefficient (Wildman–Crippen LogP) is 4.65. The molecule has 116 valence electrons. The Balaban J connectivity index is 1.83. The quantitative estimate of drug-likeness (QED) is 0.791. The number of rotatable bonds is 2. The molecule has 0 N–H and O–H groups in total. The molecule has 0 spiro atoms. The van der Waals surface area contributed by atoms with Crippen molar-refractivity contribution in [3.8, 4) is 0 Å². The minimum Gasteiger partial charge on any atom is -0.321 e. The molecule has 3 rings (SSSR count). The molecule has 0 saturated carbocycles. The van der Waals surface area contributed by atoms with Gasteiger partial charge in [-0.05, 0) is 29.1 Å². The second kappa shape index (κ2) is 5.96. The number of amides is 1. The summed E-state index contributed by atoms with van der Waals surface area (Å²) >= 11 is 2.94. The summed E-state index contributed by atoms with van der Waals surface area (Å²) in [5, 5.41) is 1.61. The molecule has 0 bridgehead atoms. The number of hydrogen-bond donors (Lipinski definition) is 0. The Bertz CT molecular complexity index is 652. The fourth-order valence-corrected chi connectivity index (χ4v) is 4.27. The van der Waals surface area contributed by atoms with Crippen LogP contribution in [0, 0.1) is 0 Å². The Morgan fingerprint density at radius 3 is 2.50 bits per heavy atom. The van der Waals surface area contributed by atoms with Crippen molar-refractivity contribution in [3.63, 3.8) is 0 Å². The number of benzene rings is 1. The molecule has 1 atom stereocenters. The topological polar surface area (TPSA) is 20.3 Å². The highest BCUT2D eigenvalue weighted by Gasteiger charge is 2.33. The first-order chi connectivity index (χ1) is 10.5. The van der Waals surface area contributed by atoms with Crippen molar-refractivity contribution < 1.29 is 18.0 Å². The van der Waals surface area contributed by atoms with Gasteiger partial charge in [-0.15, -0.1) is 23.1 Å². The average Bonchev–Trinajstić information content (AvgIpc) is 3.17. The first-order valence-corrected chi connectivity index (χ1v) is 8.53. The molecule has 1 saturated heterocycles. The van der Waals surface area contributed by atoms with Gasteiger partial charge in [0.05, 0.1) is 10.4 Å². The zero-order valence-electron chi connectivity index (χ0n) is 11.3. The van der Waals surface area contributed by atoms with Gasteiger partial charge in [-0.3, -0.25) is 4.79 Å². The van der Waals surface area contributed by atoms with E-state index in [4.69, 9.17) is 0 Å². The third-order valence-electron chi connectivity index (χ3n) is 3.41. The van der Waals surface area contributed by atoms with E-state index in [0.717, 1.165) is 23.4 Å². The van der Waals surface area contributed by atoms with Crippen molar-refractivity contribution in [2.24, 2.45) is 0 Å². The minimum atomic E-state index is -4.34. The summed E-state index contributed by atoms with van der Waals surface area (Å²) in [5.74, 6) is 0.716. The van der Waals surface area contributed by atoms with E-state index in [1.807, 2.05) is 11.4 Å². The van der Waals surface area contributed by atoms with E-state index < -0.39 is 11.7 Å². The molecule has 0 unspecified atom stereocenters. The average molecular weight is 343 g/mol. The van der Waals surface area contributed by atoms with E-state index in [1.54, 1.807) is 22.7 Å². The number of halogens is 3. The lowest BCUT2D eigenvalue weighted by Gasteiger charge is -2.24. The van der Waals surface area contributed by atoms with Gasteiger partial charge >= 0.3 is 6.18 Å². The van der Waals surface area contributed by atoms with Crippen LogP contribution in [-0.2, 0) is 6.18 Å². The van der Waals surface area contributed by atoms with Gasteiger partial charge in [0.25, 0.3) is 5.91 Å². The van der Waals surface area contributed by atoms with Crippen molar-refractivity contribution in [3.05, 3.63) is 57.8 Å². The second-order valence-electron chi connectivity index (χ2n) is 4.82. The zero-order valence-corrected chi connectivity index (χ0v) is 13.0. The molecule has 1 aliphatic heterocycles. The van der Waals surface area contributed by atoms with Crippen LogP contribution in [0.2, 0.25) is 0 Å². The zero-order chi connectivity index (χ0) is 15.7. The number of alkyl halides is 3. The van der Waals surface area contributed by atoms with Crippen LogP contribution in [0.5, 0.6) is 0 Å². The molecule has 1 fully saturated rings. The molecule has 22 heavy (non-hydrogen) atoms. The molecule has 1 aromatic heterocycles. The summed E-state index contributed by atoms with van der Waals surface area (Å²) in [6, 6.07) is 8.64. The summed E-state index contributed by atoms with van der Waals surface area (Å²) in [6.07, 6.45) is -4.34. The Kier molecular flexibility index (Phi) is 4.18. The number of hydrogen-bond acceptors (Lipinski definition) is 3. The number of nitrogens with zero attached hydrogens (tertiary/aromatic N) is 1. The summed E-state index contributed by atoms with van der Waals surface area (Å²) in [7, 11) is 0. The monoisotopic (exact) mass is 343 g/mol. The molecule has 2 nitrogen and oxygen atoms in total. The van der Waals surface area contributed by atoms with Crippen molar-refractivity contribution in [2.45, 2.75) is 11.6 Å². The summed E-state index contributed by atoms with van der Waals surface area (Å²) < 4.78 is 37.9. The van der Waals surface area contributed by atoms with Gasteiger partial charge in [-0.1, -0.05) is 18.2 Å². The SMILES string of the molecule is O=C(c1cccs1)N1CCS[C@H]1c1ccc(C(F)(F)F)cc1. The molecule has 2 heterocycles. The third-order valence-corrected chi connectivity index (χ3v) is 5.53. The van der Waals surface area contributed by atoms with Crippen molar-refractivity contribution in [1.82, 2.24) is 4.90 Å². The molecule has 1 aliphatic rings. The number of thiophene rings is 1. The van der Waals surface area contributed by atoms with Gasteiger partial charge in [0.1, 0.15) is 5.37 Å². The van der Waals surface area contributed by atoms with Gasteiger partial charge in [-0.25, -0.2) is 0 Å². The van der Waals surface area contributed by atoms with E-state index in [-0.39, 0.29) is 11.3 Å². The van der Waals surface area contributed by atoms with Crippen LogP contribution in [0.25, 0.3) is 0 Å². The van der Waals surface area contributed by atoms with Crippen LogP contribution in [0.1, 0.15) is 26.2 Å². The summed E-state index contributed by atoms with van der Waals surface area (Å²) in [4.78, 5) is 14.8. The smallest absolute Gasteiger partial charge is 0.321 e. The molecule has 2 aromatic rings. The molecule has 7 heteroatoms. The standard InChI is InChI=1S/C15H12F3NOS2/c16-15(17,18)11-5-3-10(4-6-11)14-19(7-9-22-14)13(20)12-2-1-8-21-12/h1-6,8,14H,7,9H2/t14-/m0/s1. The van der Waals surface area contributed by atoms with Gasteiger partial charge in [0.2, 0.25) is 0 Å². The predicted molar refractivity (Wildman–Crippen MR) is 82.0 cm³/mol. The van der Waals surface area contributed by atoms with E-state index in [9.17, 15) is 18.0 Å². The largest absolute Gasteiger partial charge is 0.416 e. The maximum Gasteiger partial charge on any atom is 0.416 e. The number of thioether (sulfide) groups is 1. The van der Waals surface area contributed by atoms with Crippen LogP contribution >= 0.6 is 23.1 Å². The van der Waals surface area contributed by atoms with Crippen LogP contribution in [-0.4, -0.2) is 23.1 Å². The van der Waals surface area contributed by atoms with Crippen LogP contribution in [0.4, 0.5) is 13.2 Å². The Labute approximate surface area is 133 Å². The molecule has 0 aliphatic carbocycles. The van der Waals surface area contributed by atoms with Crippen LogP contribution in [0.15, 0.2) is 41.8 Å². The first-order valence-electron chi connectivity index (χ1n) is 6.60. The number of carbonyl (C=O) groups excluding carboxylic acids is 1. The summed E-state index contributed by atoms with van der Waals surface area (Å²) in [5.41, 5.74) is 0.0517. The van der Waals surface area contributed by atoms with Gasteiger partial charge in [0, 0.05) is 12.3 Å². The van der Waals surface area contributed by atoms with E-state index in [1.165, 1.54) is 23.5 Å². The molecule has 1 aromatic carbocycles. The third kappa shape index (κ3) is 3.01. The maximum atomic E-state index is 12.6. The van der Waals surface area contributed by atoms with Gasteiger partial charge in [0.15, 0.2) is 0 Å². The minimum absolute atomic E-state index is 0.0649. The van der Waals surface area contributed by atoms with E-state index in [0.29, 0.717) is 11.4 Å². The Hall–Kier alpha value is -1.47. The second-order valence-corrected chi connectivity index (χ2v) is 6.95. The lowest BCUT2D eigenvalue weighted by molar-refractivity contribution is -0.137. The number of carbonyl (C=O) groups is 1. The molecular weight excluding hydrogens is 331 g/mol. The van der Waals surface area contributed by atoms with Crippen LogP contribution < -0.4 is 0 Å². The fraction of sp³-hybridized carbons (Fsp3) is 0.267. The highest BCUT2D eigenvalue weighted by molar-refractivity contribution is 7.99. The van der Waals surface area contributed by atoms with Crippen molar-refractivity contribution in [2.75, 3.05) is 12.3 Å². The first kappa shape index (κ1) is 15.4. The van der Waals surface area contributed by atoms with Crippen molar-refractivity contribution in [1.29, 1.82) is 0 Å². The Morgan fingerprint density at radius 1 is 1.18 bits per heavy atom. The summed E-state index contributed by atoms with van der Waals surface area (Å²) in [6.45, 7) is 0.604. The maximum absolute atomic E-state index is 12.6. The Morgan fingerprint density at radius 2 is 1.91 bits per heavy atom. The molecule has 1 amide bonds. The fourth-order valence-electron chi connectivity index (χ4n) is 2.33. The van der Waals surface area contributed by atoms with Crippen molar-refractivity contribution >= 4 is 29.0 Å². The lowest BCUT2D eigenvalue weighted by Crippen LogP contribution is -2.29. The highest BCUT2D eigenvalue weighted by Crippen LogP contribution is 2.40. The van der Waals surface area contributed by atoms with E-state index >= 15 is 0 Å². The van der Waals surface area contributed by atoms with Gasteiger partial charge in [-0.2, -0.15) is 13.2 Å². The lowest BCUT2D eigenvalue weighted by atomic mass is 10.1. The van der Waals surface area contributed by atoms with Gasteiger partial charge < -0.3 is 4.90 Å². The molecule has 0 radical (unpaired) electrons.